The normalized spacial score (nSPS) is 10.5. The standard InChI is InChI=1S/C21H20O7/c1-13-8-20(22)28-19-10-16(4-6-17(13)19)26-12-21(23)27-11-14-9-15(24-2)5-7-18(14)25-3/h4-10H,11-12H2,1-3H3. The third kappa shape index (κ3) is 4.43. The molecule has 146 valence electrons. The molecule has 7 nitrogen and oxygen atoms in total. The molecule has 0 bridgehead atoms. The molecule has 0 amide bonds. The maximum atomic E-state index is 12.0. The zero-order chi connectivity index (χ0) is 20.1. The highest BCUT2D eigenvalue weighted by molar-refractivity contribution is 5.81. The molecule has 0 saturated heterocycles. The minimum atomic E-state index is -0.546. The Balaban J connectivity index is 1.62. The molecule has 1 aromatic heterocycles. The number of rotatable bonds is 7. The smallest absolute Gasteiger partial charge is 0.344 e. The fraction of sp³-hybridized carbons (Fsp3) is 0.238. The van der Waals surface area contributed by atoms with Crippen molar-refractivity contribution >= 4 is 16.9 Å². The number of fused-ring (bicyclic) bond motifs is 1. The lowest BCUT2D eigenvalue weighted by molar-refractivity contribution is -0.147. The Morgan fingerprint density at radius 3 is 2.54 bits per heavy atom. The zero-order valence-corrected chi connectivity index (χ0v) is 15.8. The van der Waals surface area contributed by atoms with Crippen LogP contribution in [0.15, 0.2) is 51.7 Å². The van der Waals surface area contributed by atoms with E-state index >= 15 is 0 Å². The number of methoxy groups -OCH3 is 2. The Kier molecular flexibility index (Phi) is 5.84. The van der Waals surface area contributed by atoms with Gasteiger partial charge in [-0.1, -0.05) is 0 Å². The molecule has 0 N–H and O–H groups in total. The summed E-state index contributed by atoms with van der Waals surface area (Å²) < 4.78 is 26.3. The molecule has 0 atom stereocenters. The number of benzene rings is 2. The quantitative estimate of drug-likeness (QED) is 0.457. The van der Waals surface area contributed by atoms with Gasteiger partial charge in [-0.3, -0.25) is 0 Å². The van der Waals surface area contributed by atoms with E-state index in [-0.39, 0.29) is 13.2 Å². The van der Waals surface area contributed by atoms with Crippen LogP contribution in [0.5, 0.6) is 17.2 Å². The summed E-state index contributed by atoms with van der Waals surface area (Å²) in [5, 5.41) is 0.805. The lowest BCUT2D eigenvalue weighted by atomic mass is 10.1. The van der Waals surface area contributed by atoms with Gasteiger partial charge in [-0.05, 0) is 42.8 Å². The first-order valence-corrected chi connectivity index (χ1v) is 8.54. The maximum Gasteiger partial charge on any atom is 0.344 e. The number of aryl methyl sites for hydroxylation is 1. The zero-order valence-electron chi connectivity index (χ0n) is 15.8. The van der Waals surface area contributed by atoms with Crippen LogP contribution >= 0.6 is 0 Å². The Bertz CT molecular complexity index is 1050. The highest BCUT2D eigenvalue weighted by atomic mass is 16.6. The van der Waals surface area contributed by atoms with Gasteiger partial charge in [0.25, 0.3) is 0 Å². The average molecular weight is 384 g/mol. The van der Waals surface area contributed by atoms with Crippen molar-refractivity contribution < 1.29 is 28.2 Å². The summed E-state index contributed by atoms with van der Waals surface area (Å²) in [6.45, 7) is 1.56. The van der Waals surface area contributed by atoms with E-state index in [2.05, 4.69) is 0 Å². The summed E-state index contributed by atoms with van der Waals surface area (Å²) in [5.74, 6) is 1.08. The topological polar surface area (TPSA) is 84.2 Å². The summed E-state index contributed by atoms with van der Waals surface area (Å²) in [5.41, 5.74) is 1.45. The molecule has 0 aliphatic rings. The summed E-state index contributed by atoms with van der Waals surface area (Å²) in [4.78, 5) is 23.5. The highest BCUT2D eigenvalue weighted by Crippen LogP contribution is 2.25. The van der Waals surface area contributed by atoms with Crippen LogP contribution in [-0.2, 0) is 16.1 Å². The molecule has 0 aliphatic carbocycles. The van der Waals surface area contributed by atoms with E-state index in [9.17, 15) is 9.59 Å². The second-order valence-corrected chi connectivity index (χ2v) is 6.03. The first-order valence-electron chi connectivity index (χ1n) is 8.54. The van der Waals surface area contributed by atoms with Gasteiger partial charge in [0.2, 0.25) is 0 Å². The second-order valence-electron chi connectivity index (χ2n) is 6.03. The van der Waals surface area contributed by atoms with Gasteiger partial charge in [-0.15, -0.1) is 0 Å². The number of hydrogen-bond acceptors (Lipinski definition) is 7. The molecule has 3 rings (SSSR count). The van der Waals surface area contributed by atoms with Crippen molar-refractivity contribution in [1.29, 1.82) is 0 Å². The first-order chi connectivity index (χ1) is 13.5. The maximum absolute atomic E-state index is 12.0. The first kappa shape index (κ1) is 19.3. The fourth-order valence-corrected chi connectivity index (χ4v) is 2.73. The fourth-order valence-electron chi connectivity index (χ4n) is 2.73. The van der Waals surface area contributed by atoms with E-state index in [0.29, 0.717) is 28.4 Å². The van der Waals surface area contributed by atoms with Crippen LogP contribution in [0.3, 0.4) is 0 Å². The minimum absolute atomic E-state index is 0.0222. The molecule has 0 unspecified atom stereocenters. The Morgan fingerprint density at radius 1 is 1.00 bits per heavy atom. The molecule has 0 fully saturated rings. The van der Waals surface area contributed by atoms with Gasteiger partial charge < -0.3 is 23.4 Å². The van der Waals surface area contributed by atoms with Gasteiger partial charge in [0, 0.05) is 23.1 Å². The SMILES string of the molecule is COc1ccc(OC)c(COC(=O)COc2ccc3c(C)cc(=O)oc3c2)c1. The van der Waals surface area contributed by atoms with Crippen molar-refractivity contribution in [3.63, 3.8) is 0 Å². The van der Waals surface area contributed by atoms with Gasteiger partial charge in [0.05, 0.1) is 14.2 Å². The summed E-state index contributed by atoms with van der Waals surface area (Å²) in [6.07, 6.45) is 0. The van der Waals surface area contributed by atoms with Crippen molar-refractivity contribution in [2.75, 3.05) is 20.8 Å². The summed E-state index contributed by atoms with van der Waals surface area (Å²) >= 11 is 0. The number of hydrogen-bond donors (Lipinski definition) is 0. The van der Waals surface area contributed by atoms with Crippen LogP contribution in [0.25, 0.3) is 11.0 Å². The molecular weight excluding hydrogens is 364 g/mol. The highest BCUT2D eigenvalue weighted by Gasteiger charge is 2.11. The largest absolute Gasteiger partial charge is 0.497 e. The molecule has 2 aromatic carbocycles. The van der Waals surface area contributed by atoms with Crippen molar-refractivity contribution in [3.05, 3.63) is 64.0 Å². The van der Waals surface area contributed by atoms with Gasteiger partial charge in [-0.25, -0.2) is 9.59 Å². The van der Waals surface area contributed by atoms with Crippen LogP contribution in [0.1, 0.15) is 11.1 Å². The van der Waals surface area contributed by atoms with Gasteiger partial charge in [-0.2, -0.15) is 0 Å². The van der Waals surface area contributed by atoms with Crippen LogP contribution < -0.4 is 19.8 Å². The Hall–Kier alpha value is -3.48. The predicted octanol–water partition coefficient (Wildman–Crippen LogP) is 3.24. The van der Waals surface area contributed by atoms with Crippen LogP contribution in [0.4, 0.5) is 0 Å². The number of esters is 1. The molecule has 0 spiro atoms. The average Bonchev–Trinajstić information content (AvgIpc) is 2.69. The lowest BCUT2D eigenvalue weighted by Gasteiger charge is -2.11. The van der Waals surface area contributed by atoms with Gasteiger partial charge in [0.15, 0.2) is 6.61 Å². The van der Waals surface area contributed by atoms with Crippen LogP contribution in [-0.4, -0.2) is 26.8 Å². The summed E-state index contributed by atoms with van der Waals surface area (Å²) in [6, 6.07) is 11.7. The molecule has 0 aliphatic heterocycles. The van der Waals surface area contributed by atoms with E-state index < -0.39 is 11.6 Å². The van der Waals surface area contributed by atoms with E-state index in [4.69, 9.17) is 23.4 Å². The molecule has 3 aromatic rings. The van der Waals surface area contributed by atoms with E-state index in [1.165, 1.54) is 13.2 Å². The van der Waals surface area contributed by atoms with Crippen molar-refractivity contribution in [2.45, 2.75) is 13.5 Å². The van der Waals surface area contributed by atoms with Crippen LogP contribution in [0.2, 0.25) is 0 Å². The van der Waals surface area contributed by atoms with Gasteiger partial charge in [0.1, 0.15) is 29.4 Å². The van der Waals surface area contributed by atoms with E-state index in [1.54, 1.807) is 43.5 Å². The molecule has 28 heavy (non-hydrogen) atoms. The van der Waals surface area contributed by atoms with E-state index in [1.807, 2.05) is 6.92 Å². The van der Waals surface area contributed by atoms with Crippen molar-refractivity contribution in [2.24, 2.45) is 0 Å². The van der Waals surface area contributed by atoms with Crippen LogP contribution in [0, 0.1) is 6.92 Å². The van der Waals surface area contributed by atoms with Gasteiger partial charge >= 0.3 is 11.6 Å². The third-order valence-corrected chi connectivity index (χ3v) is 4.16. The monoisotopic (exact) mass is 384 g/mol. The molecular formula is C21H20O7. The Labute approximate surface area is 161 Å². The number of carbonyl (C=O) groups is 1. The lowest BCUT2D eigenvalue weighted by Crippen LogP contribution is -2.15. The number of ether oxygens (including phenoxy) is 4. The third-order valence-electron chi connectivity index (χ3n) is 4.16. The summed E-state index contributed by atoms with van der Waals surface area (Å²) in [7, 11) is 3.09. The number of carbonyl (C=O) groups excluding carboxylic acids is 1. The Morgan fingerprint density at radius 2 is 1.79 bits per heavy atom. The molecule has 7 heteroatoms. The minimum Gasteiger partial charge on any atom is -0.497 e. The molecule has 0 radical (unpaired) electrons. The second kappa shape index (κ2) is 8.47. The van der Waals surface area contributed by atoms with Crippen molar-refractivity contribution in [3.8, 4) is 17.2 Å². The van der Waals surface area contributed by atoms with E-state index in [0.717, 1.165) is 10.9 Å². The molecule has 0 saturated carbocycles. The predicted molar refractivity (Wildman–Crippen MR) is 102 cm³/mol. The van der Waals surface area contributed by atoms with Crippen molar-refractivity contribution in [1.82, 2.24) is 0 Å². The molecule has 1 heterocycles.